The number of aliphatic carboxylic acids is 1. The lowest BCUT2D eigenvalue weighted by molar-refractivity contribution is -0.137. The van der Waals surface area contributed by atoms with Crippen molar-refractivity contribution >= 4 is 11.9 Å². The molecule has 102 valence electrons. The Labute approximate surface area is 111 Å². The van der Waals surface area contributed by atoms with Crippen LogP contribution in [0.25, 0.3) is 0 Å². The number of hydrogen-bond acceptors (Lipinski definition) is 3. The Morgan fingerprint density at radius 3 is 2.63 bits per heavy atom. The number of carboxylic acid groups (broad SMARTS) is 1. The molecule has 2 rings (SSSR count). The van der Waals surface area contributed by atoms with Crippen LogP contribution in [0.3, 0.4) is 0 Å². The van der Waals surface area contributed by atoms with Crippen LogP contribution < -0.4 is 4.74 Å². The summed E-state index contributed by atoms with van der Waals surface area (Å²) in [5.74, 6) is -0.272. The van der Waals surface area contributed by atoms with Gasteiger partial charge in [0.1, 0.15) is 5.75 Å². The Balaban J connectivity index is 2.11. The molecule has 0 bridgehead atoms. The van der Waals surface area contributed by atoms with Gasteiger partial charge in [-0.25, -0.2) is 0 Å². The monoisotopic (exact) mass is 263 g/mol. The molecule has 0 radical (unpaired) electrons. The fourth-order valence-corrected chi connectivity index (χ4v) is 2.42. The maximum absolute atomic E-state index is 12.3. The van der Waals surface area contributed by atoms with E-state index in [-0.39, 0.29) is 18.4 Å². The van der Waals surface area contributed by atoms with E-state index in [0.717, 1.165) is 12.8 Å². The molecular formula is C14H17NO4. The summed E-state index contributed by atoms with van der Waals surface area (Å²) in [6.07, 6.45) is 1.63. The topological polar surface area (TPSA) is 66.8 Å². The molecule has 5 nitrogen and oxygen atoms in total. The second kappa shape index (κ2) is 5.73. The molecule has 1 atom stereocenters. The maximum atomic E-state index is 12.3. The van der Waals surface area contributed by atoms with E-state index in [2.05, 4.69) is 0 Å². The summed E-state index contributed by atoms with van der Waals surface area (Å²) in [6, 6.07) is 6.69. The van der Waals surface area contributed by atoms with E-state index >= 15 is 0 Å². The van der Waals surface area contributed by atoms with E-state index in [1.807, 2.05) is 0 Å². The van der Waals surface area contributed by atoms with Gasteiger partial charge in [-0.15, -0.1) is 0 Å². The molecule has 1 fully saturated rings. The number of methoxy groups -OCH3 is 1. The smallest absolute Gasteiger partial charge is 0.305 e. The number of likely N-dealkylation sites (tertiary alicyclic amines) is 1. The van der Waals surface area contributed by atoms with Crippen LogP contribution >= 0.6 is 0 Å². The Hall–Kier alpha value is -2.04. The highest BCUT2D eigenvalue weighted by molar-refractivity contribution is 5.95. The Morgan fingerprint density at radius 2 is 2.05 bits per heavy atom. The lowest BCUT2D eigenvalue weighted by Gasteiger charge is -2.23. The van der Waals surface area contributed by atoms with Gasteiger partial charge in [0.15, 0.2) is 0 Å². The van der Waals surface area contributed by atoms with Crippen molar-refractivity contribution in [3.8, 4) is 5.75 Å². The number of ether oxygens (including phenoxy) is 1. The van der Waals surface area contributed by atoms with Crippen LogP contribution in [0.2, 0.25) is 0 Å². The third-order valence-electron chi connectivity index (χ3n) is 3.39. The molecule has 0 spiro atoms. The lowest BCUT2D eigenvalue weighted by atomic mass is 10.1. The molecule has 1 N–H and O–H groups in total. The Morgan fingerprint density at radius 1 is 1.37 bits per heavy atom. The number of carboxylic acids is 1. The third kappa shape index (κ3) is 3.05. The molecule has 1 aromatic rings. The van der Waals surface area contributed by atoms with Crippen LogP contribution in [0.4, 0.5) is 0 Å². The maximum Gasteiger partial charge on any atom is 0.305 e. The van der Waals surface area contributed by atoms with Crippen LogP contribution in [0.1, 0.15) is 29.6 Å². The van der Waals surface area contributed by atoms with E-state index in [1.165, 1.54) is 0 Å². The van der Waals surface area contributed by atoms with Gasteiger partial charge in [-0.3, -0.25) is 9.59 Å². The largest absolute Gasteiger partial charge is 0.497 e. The number of carbonyl (C=O) groups excluding carboxylic acids is 1. The van der Waals surface area contributed by atoms with Gasteiger partial charge in [-0.1, -0.05) is 0 Å². The van der Waals surface area contributed by atoms with Gasteiger partial charge in [0.25, 0.3) is 5.91 Å². The van der Waals surface area contributed by atoms with Crippen molar-refractivity contribution in [2.45, 2.75) is 25.3 Å². The summed E-state index contributed by atoms with van der Waals surface area (Å²) >= 11 is 0. The molecule has 0 aliphatic carbocycles. The van der Waals surface area contributed by atoms with Gasteiger partial charge in [-0.05, 0) is 37.1 Å². The molecule has 1 aliphatic rings. The first-order valence-corrected chi connectivity index (χ1v) is 6.28. The van der Waals surface area contributed by atoms with Gasteiger partial charge in [0, 0.05) is 18.2 Å². The quantitative estimate of drug-likeness (QED) is 0.899. The van der Waals surface area contributed by atoms with E-state index in [1.54, 1.807) is 36.3 Å². The lowest BCUT2D eigenvalue weighted by Crippen LogP contribution is -2.36. The highest BCUT2D eigenvalue weighted by atomic mass is 16.5. The summed E-state index contributed by atoms with van der Waals surface area (Å²) in [4.78, 5) is 24.8. The SMILES string of the molecule is COc1ccc(C(=O)N2CCCC2CC(=O)O)cc1. The van der Waals surface area contributed by atoms with Crippen LogP contribution in [0, 0.1) is 0 Å². The molecule has 1 amide bonds. The minimum absolute atomic E-state index is 0.0158. The third-order valence-corrected chi connectivity index (χ3v) is 3.39. The Bertz CT molecular complexity index is 469. The van der Waals surface area contributed by atoms with Gasteiger partial charge < -0.3 is 14.7 Å². The van der Waals surface area contributed by atoms with E-state index in [4.69, 9.17) is 9.84 Å². The van der Waals surface area contributed by atoms with Crippen molar-refractivity contribution < 1.29 is 19.4 Å². The second-order valence-electron chi connectivity index (χ2n) is 4.62. The van der Waals surface area contributed by atoms with Crippen LogP contribution in [-0.2, 0) is 4.79 Å². The van der Waals surface area contributed by atoms with Crippen molar-refractivity contribution in [2.24, 2.45) is 0 Å². The molecule has 1 unspecified atom stereocenters. The second-order valence-corrected chi connectivity index (χ2v) is 4.62. The normalized spacial score (nSPS) is 18.4. The van der Waals surface area contributed by atoms with Crippen molar-refractivity contribution in [1.82, 2.24) is 4.90 Å². The first-order chi connectivity index (χ1) is 9.11. The van der Waals surface area contributed by atoms with Gasteiger partial charge in [0.2, 0.25) is 0 Å². The highest BCUT2D eigenvalue weighted by Gasteiger charge is 2.30. The van der Waals surface area contributed by atoms with E-state index in [0.29, 0.717) is 17.9 Å². The van der Waals surface area contributed by atoms with Crippen LogP contribution in [-0.4, -0.2) is 41.6 Å². The number of carbonyl (C=O) groups is 2. The van der Waals surface area contributed by atoms with Crippen molar-refractivity contribution in [3.63, 3.8) is 0 Å². The number of benzene rings is 1. The van der Waals surface area contributed by atoms with Gasteiger partial charge in [0.05, 0.1) is 13.5 Å². The van der Waals surface area contributed by atoms with E-state index < -0.39 is 5.97 Å². The van der Waals surface area contributed by atoms with Gasteiger partial charge >= 0.3 is 5.97 Å². The first-order valence-electron chi connectivity index (χ1n) is 6.28. The number of hydrogen-bond donors (Lipinski definition) is 1. The summed E-state index contributed by atoms with van der Waals surface area (Å²) < 4.78 is 5.05. The standard InChI is InChI=1S/C14H17NO4/c1-19-12-6-4-10(5-7-12)14(18)15-8-2-3-11(15)9-13(16)17/h4-7,11H,2-3,8-9H2,1H3,(H,16,17). The van der Waals surface area contributed by atoms with Crippen LogP contribution in [0.15, 0.2) is 24.3 Å². The summed E-state index contributed by atoms with van der Waals surface area (Å²) in [5.41, 5.74) is 0.568. The molecule has 1 heterocycles. The van der Waals surface area contributed by atoms with Crippen molar-refractivity contribution in [3.05, 3.63) is 29.8 Å². The van der Waals surface area contributed by atoms with Gasteiger partial charge in [-0.2, -0.15) is 0 Å². The zero-order valence-corrected chi connectivity index (χ0v) is 10.8. The summed E-state index contributed by atoms with van der Waals surface area (Å²) in [5, 5.41) is 8.86. The highest BCUT2D eigenvalue weighted by Crippen LogP contribution is 2.23. The molecular weight excluding hydrogens is 246 g/mol. The number of amides is 1. The van der Waals surface area contributed by atoms with E-state index in [9.17, 15) is 9.59 Å². The average molecular weight is 263 g/mol. The number of nitrogens with zero attached hydrogens (tertiary/aromatic N) is 1. The predicted octanol–water partition coefficient (Wildman–Crippen LogP) is 1.77. The minimum Gasteiger partial charge on any atom is -0.497 e. The fraction of sp³-hybridized carbons (Fsp3) is 0.429. The molecule has 0 saturated carbocycles. The summed E-state index contributed by atoms with van der Waals surface area (Å²) in [7, 11) is 1.57. The molecule has 19 heavy (non-hydrogen) atoms. The van der Waals surface area contributed by atoms with Crippen molar-refractivity contribution in [1.29, 1.82) is 0 Å². The average Bonchev–Trinajstić information content (AvgIpc) is 2.85. The zero-order valence-electron chi connectivity index (χ0n) is 10.8. The summed E-state index contributed by atoms with van der Waals surface area (Å²) in [6.45, 7) is 0.628. The molecule has 1 saturated heterocycles. The first kappa shape index (κ1) is 13.4. The molecule has 1 aromatic carbocycles. The molecule has 0 aromatic heterocycles. The van der Waals surface area contributed by atoms with Crippen LogP contribution in [0.5, 0.6) is 5.75 Å². The molecule has 1 aliphatic heterocycles. The fourth-order valence-electron chi connectivity index (χ4n) is 2.42. The zero-order chi connectivity index (χ0) is 13.8. The van der Waals surface area contributed by atoms with Crippen molar-refractivity contribution in [2.75, 3.05) is 13.7 Å². The minimum atomic E-state index is -0.862. The molecule has 5 heteroatoms. The number of rotatable bonds is 4. The Kier molecular flexibility index (Phi) is 4.04. The predicted molar refractivity (Wildman–Crippen MR) is 69.3 cm³/mol.